The lowest BCUT2D eigenvalue weighted by molar-refractivity contribution is 0.0950. The highest BCUT2D eigenvalue weighted by Gasteiger charge is 2.19. The number of nitrogens with zero attached hydrogens (tertiary/aromatic N) is 2. The third-order valence-corrected chi connectivity index (χ3v) is 4.72. The third-order valence-electron chi connectivity index (χ3n) is 4.72. The Morgan fingerprint density at radius 2 is 2.04 bits per heavy atom. The van der Waals surface area contributed by atoms with E-state index in [4.69, 9.17) is 4.74 Å². The van der Waals surface area contributed by atoms with Crippen LogP contribution in [-0.4, -0.2) is 31.9 Å². The van der Waals surface area contributed by atoms with E-state index in [1.165, 1.54) is 12.3 Å². The number of carbonyl (C=O) groups is 1. The molecular formula is C19H19N5O4. The molecule has 0 radical (unpaired) electrons. The molecule has 1 amide bonds. The first kappa shape index (κ1) is 17.9. The van der Waals surface area contributed by atoms with Crippen LogP contribution < -0.4 is 21.3 Å². The van der Waals surface area contributed by atoms with E-state index >= 15 is 0 Å². The number of amides is 1. The summed E-state index contributed by atoms with van der Waals surface area (Å²) >= 11 is 0. The highest BCUT2D eigenvalue weighted by molar-refractivity contribution is 5.96. The number of H-pyrrole nitrogens is 2. The minimum atomic E-state index is -0.645. The van der Waals surface area contributed by atoms with Crippen molar-refractivity contribution in [3.63, 3.8) is 0 Å². The summed E-state index contributed by atoms with van der Waals surface area (Å²) in [7, 11) is 0. The van der Waals surface area contributed by atoms with Gasteiger partial charge in [0.1, 0.15) is 11.8 Å². The predicted octanol–water partition coefficient (Wildman–Crippen LogP) is 1.26. The molecule has 0 atom stereocenters. The van der Waals surface area contributed by atoms with E-state index in [2.05, 4.69) is 25.3 Å². The summed E-state index contributed by atoms with van der Waals surface area (Å²) in [5.41, 5.74) is -0.121. The van der Waals surface area contributed by atoms with Gasteiger partial charge in [-0.3, -0.25) is 19.6 Å². The summed E-state index contributed by atoms with van der Waals surface area (Å²) in [6.07, 6.45) is 7.49. The van der Waals surface area contributed by atoms with Crippen LogP contribution in [0.5, 0.6) is 5.88 Å². The smallest absolute Gasteiger partial charge is 0.327 e. The molecule has 3 aromatic heterocycles. The Morgan fingerprint density at radius 1 is 1.21 bits per heavy atom. The van der Waals surface area contributed by atoms with Crippen LogP contribution >= 0.6 is 0 Å². The first-order valence-corrected chi connectivity index (χ1v) is 9.11. The molecule has 1 aliphatic rings. The molecule has 3 heterocycles. The molecule has 1 aliphatic carbocycles. The third kappa shape index (κ3) is 3.78. The van der Waals surface area contributed by atoms with Crippen molar-refractivity contribution in [3.8, 4) is 5.88 Å². The maximum atomic E-state index is 12.5. The topological polar surface area (TPSA) is 130 Å². The molecule has 1 saturated carbocycles. The van der Waals surface area contributed by atoms with Crippen LogP contribution in [0, 0.1) is 0 Å². The van der Waals surface area contributed by atoms with E-state index in [0.717, 1.165) is 31.2 Å². The number of carbonyl (C=O) groups excluding carboxylic acids is 1. The summed E-state index contributed by atoms with van der Waals surface area (Å²) in [4.78, 5) is 48.5. The maximum Gasteiger partial charge on any atom is 0.327 e. The quantitative estimate of drug-likeness (QED) is 0.610. The SMILES string of the molecule is O=C(NCc1cccnc1OC1CCCC1)c1cnc2[nH]c(=O)[nH]c(=O)c2c1. The number of ether oxygens (including phenoxy) is 1. The lowest BCUT2D eigenvalue weighted by Gasteiger charge is -2.15. The summed E-state index contributed by atoms with van der Waals surface area (Å²) in [5.74, 6) is 0.135. The highest BCUT2D eigenvalue weighted by Crippen LogP contribution is 2.25. The molecule has 9 heteroatoms. The molecule has 3 N–H and O–H groups in total. The average molecular weight is 381 g/mol. The predicted molar refractivity (Wildman–Crippen MR) is 101 cm³/mol. The van der Waals surface area contributed by atoms with Crippen molar-refractivity contribution in [2.75, 3.05) is 0 Å². The van der Waals surface area contributed by atoms with Crippen LogP contribution in [0.4, 0.5) is 0 Å². The number of hydrogen-bond donors (Lipinski definition) is 3. The van der Waals surface area contributed by atoms with Crippen LogP contribution in [0.25, 0.3) is 11.0 Å². The van der Waals surface area contributed by atoms with Gasteiger partial charge in [-0.1, -0.05) is 6.07 Å². The number of pyridine rings is 2. The molecule has 1 fully saturated rings. The normalized spacial score (nSPS) is 14.3. The molecule has 4 rings (SSSR count). The Labute approximate surface area is 159 Å². The standard InChI is InChI=1S/C19H19N5O4/c25-16(12-8-14-15(21-10-12)23-19(27)24-17(14)26)22-9-11-4-3-7-20-18(11)28-13-5-1-2-6-13/h3-4,7-8,10,13H,1-2,5-6,9H2,(H,22,25)(H2,21,23,24,26,27). The molecule has 0 aliphatic heterocycles. The average Bonchev–Trinajstić information content (AvgIpc) is 3.20. The molecule has 0 bridgehead atoms. The molecule has 9 nitrogen and oxygen atoms in total. The van der Waals surface area contributed by atoms with Gasteiger partial charge in [0.25, 0.3) is 11.5 Å². The monoisotopic (exact) mass is 381 g/mol. The van der Waals surface area contributed by atoms with Gasteiger partial charge in [-0.15, -0.1) is 0 Å². The molecule has 0 aromatic carbocycles. The van der Waals surface area contributed by atoms with Gasteiger partial charge in [-0.2, -0.15) is 0 Å². The van der Waals surface area contributed by atoms with Gasteiger partial charge >= 0.3 is 5.69 Å². The van der Waals surface area contributed by atoms with E-state index in [1.54, 1.807) is 12.3 Å². The van der Waals surface area contributed by atoms with Crippen molar-refractivity contribution < 1.29 is 9.53 Å². The van der Waals surface area contributed by atoms with Crippen LogP contribution in [0.15, 0.2) is 40.2 Å². The van der Waals surface area contributed by atoms with Gasteiger partial charge in [0.15, 0.2) is 0 Å². The second-order valence-electron chi connectivity index (χ2n) is 6.70. The Kier molecular flexibility index (Phi) is 4.88. The van der Waals surface area contributed by atoms with E-state index in [1.807, 2.05) is 6.07 Å². The summed E-state index contributed by atoms with van der Waals surface area (Å²) < 4.78 is 5.98. The zero-order valence-electron chi connectivity index (χ0n) is 15.0. The minimum Gasteiger partial charge on any atom is -0.474 e. The summed E-state index contributed by atoms with van der Waals surface area (Å²) in [6, 6.07) is 5.04. The molecule has 0 spiro atoms. The highest BCUT2D eigenvalue weighted by atomic mass is 16.5. The van der Waals surface area contributed by atoms with Crippen molar-refractivity contribution in [2.45, 2.75) is 38.3 Å². The lowest BCUT2D eigenvalue weighted by Crippen LogP contribution is -2.26. The summed E-state index contributed by atoms with van der Waals surface area (Å²) in [5, 5.41) is 2.93. The minimum absolute atomic E-state index is 0.129. The maximum absolute atomic E-state index is 12.5. The van der Waals surface area contributed by atoms with Gasteiger partial charge in [-0.25, -0.2) is 14.8 Å². The van der Waals surface area contributed by atoms with Gasteiger partial charge < -0.3 is 10.1 Å². The fourth-order valence-corrected chi connectivity index (χ4v) is 3.28. The fraction of sp³-hybridized carbons (Fsp3) is 0.316. The van der Waals surface area contributed by atoms with Crippen molar-refractivity contribution in [2.24, 2.45) is 0 Å². The van der Waals surface area contributed by atoms with Crippen LogP contribution in [0.2, 0.25) is 0 Å². The number of nitrogens with one attached hydrogen (secondary N) is 3. The fourth-order valence-electron chi connectivity index (χ4n) is 3.28. The van der Waals surface area contributed by atoms with Crippen molar-refractivity contribution in [3.05, 3.63) is 62.6 Å². The lowest BCUT2D eigenvalue weighted by atomic mass is 10.2. The Balaban J connectivity index is 1.50. The van der Waals surface area contributed by atoms with Gasteiger partial charge in [-0.05, 0) is 37.8 Å². The van der Waals surface area contributed by atoms with Crippen molar-refractivity contribution >= 4 is 16.9 Å². The number of hydrogen-bond acceptors (Lipinski definition) is 6. The molecule has 3 aromatic rings. The number of aromatic amines is 2. The number of rotatable bonds is 5. The van der Waals surface area contributed by atoms with E-state index in [9.17, 15) is 14.4 Å². The molecular weight excluding hydrogens is 362 g/mol. The molecule has 0 saturated heterocycles. The van der Waals surface area contributed by atoms with Gasteiger partial charge in [0, 0.05) is 24.5 Å². The first-order chi connectivity index (χ1) is 13.6. The Hall–Kier alpha value is -3.49. The van der Waals surface area contributed by atoms with Crippen LogP contribution in [0.3, 0.4) is 0 Å². The second-order valence-corrected chi connectivity index (χ2v) is 6.70. The number of aromatic nitrogens is 4. The largest absolute Gasteiger partial charge is 0.474 e. The second kappa shape index (κ2) is 7.63. The van der Waals surface area contributed by atoms with E-state index in [-0.39, 0.29) is 29.2 Å². The van der Waals surface area contributed by atoms with E-state index < -0.39 is 17.2 Å². The molecule has 0 unspecified atom stereocenters. The Bertz CT molecular complexity index is 1130. The van der Waals surface area contributed by atoms with Crippen LogP contribution in [-0.2, 0) is 6.54 Å². The molecule has 28 heavy (non-hydrogen) atoms. The van der Waals surface area contributed by atoms with E-state index in [0.29, 0.717) is 5.88 Å². The van der Waals surface area contributed by atoms with Crippen molar-refractivity contribution in [1.29, 1.82) is 0 Å². The number of fused-ring (bicyclic) bond motifs is 1. The zero-order chi connectivity index (χ0) is 19.5. The Morgan fingerprint density at radius 3 is 2.86 bits per heavy atom. The first-order valence-electron chi connectivity index (χ1n) is 9.11. The van der Waals surface area contributed by atoms with Crippen molar-refractivity contribution in [1.82, 2.24) is 25.3 Å². The summed E-state index contributed by atoms with van der Waals surface area (Å²) in [6.45, 7) is 0.231. The van der Waals surface area contributed by atoms with Gasteiger partial charge in [0.2, 0.25) is 5.88 Å². The van der Waals surface area contributed by atoms with Gasteiger partial charge in [0.05, 0.1) is 10.9 Å². The van der Waals surface area contributed by atoms with Crippen LogP contribution in [0.1, 0.15) is 41.6 Å². The molecule has 144 valence electrons. The zero-order valence-corrected chi connectivity index (χ0v) is 15.0.